The Morgan fingerprint density at radius 3 is 2.45 bits per heavy atom. The molecule has 1 aromatic rings. The Morgan fingerprint density at radius 2 is 2.00 bits per heavy atom. The van der Waals surface area contributed by atoms with Gasteiger partial charge in [-0.05, 0) is 31.9 Å². The Labute approximate surface area is 127 Å². The number of halogens is 1. The summed E-state index contributed by atoms with van der Waals surface area (Å²) in [7, 11) is -3.53. The first kappa shape index (κ1) is 17.4. The molecule has 0 aliphatic heterocycles. The van der Waals surface area contributed by atoms with Crippen LogP contribution in [0.25, 0.3) is 0 Å². The lowest BCUT2D eigenvalue weighted by molar-refractivity contribution is 0.344. The summed E-state index contributed by atoms with van der Waals surface area (Å²) in [5.41, 5.74) is 0.813. The summed E-state index contributed by atoms with van der Waals surface area (Å²) in [4.78, 5) is 4.04. The maximum absolute atomic E-state index is 12.6. The molecule has 0 atom stereocenters. The van der Waals surface area contributed by atoms with Gasteiger partial charge in [-0.25, -0.2) is 13.4 Å². The summed E-state index contributed by atoms with van der Waals surface area (Å²) in [6.07, 6.45) is 4.48. The zero-order valence-corrected chi connectivity index (χ0v) is 13.9. The molecule has 0 aliphatic carbocycles. The number of rotatable bonds is 8. The van der Waals surface area contributed by atoms with Gasteiger partial charge in [-0.15, -0.1) is 11.6 Å². The fourth-order valence-corrected chi connectivity index (χ4v) is 3.69. The highest BCUT2D eigenvalue weighted by atomic mass is 35.5. The molecule has 20 heavy (non-hydrogen) atoms. The van der Waals surface area contributed by atoms with Gasteiger partial charge in [0.25, 0.3) is 10.0 Å². The Kier molecular flexibility index (Phi) is 6.92. The Morgan fingerprint density at radius 1 is 1.30 bits per heavy atom. The second-order valence-electron chi connectivity index (χ2n) is 5.05. The van der Waals surface area contributed by atoms with E-state index in [4.69, 9.17) is 11.6 Å². The summed E-state index contributed by atoms with van der Waals surface area (Å²) in [6, 6.07) is 3.16. The third-order valence-corrected chi connectivity index (χ3v) is 5.38. The largest absolute Gasteiger partial charge is 0.260 e. The summed E-state index contributed by atoms with van der Waals surface area (Å²) >= 11 is 5.69. The van der Waals surface area contributed by atoms with Crippen molar-refractivity contribution in [2.45, 2.75) is 57.0 Å². The van der Waals surface area contributed by atoms with E-state index in [2.05, 4.69) is 11.9 Å². The molecule has 0 spiro atoms. The third-order valence-electron chi connectivity index (χ3n) is 3.08. The predicted octanol–water partition coefficient (Wildman–Crippen LogP) is 3.41. The van der Waals surface area contributed by atoms with Crippen LogP contribution in [-0.2, 0) is 15.9 Å². The second kappa shape index (κ2) is 7.96. The van der Waals surface area contributed by atoms with E-state index in [-0.39, 0.29) is 11.1 Å². The highest BCUT2D eigenvalue weighted by Gasteiger charge is 2.27. The van der Waals surface area contributed by atoms with Crippen LogP contribution in [0.2, 0.25) is 0 Å². The number of nitrogens with zero attached hydrogens (tertiary/aromatic N) is 2. The van der Waals surface area contributed by atoms with Crippen molar-refractivity contribution in [1.29, 1.82) is 0 Å². The lowest BCUT2D eigenvalue weighted by Crippen LogP contribution is -2.38. The van der Waals surface area contributed by atoms with Crippen molar-refractivity contribution >= 4 is 21.6 Å². The fourth-order valence-electron chi connectivity index (χ4n) is 1.94. The molecule has 0 N–H and O–H groups in total. The van der Waals surface area contributed by atoms with Crippen molar-refractivity contribution < 1.29 is 8.42 Å². The van der Waals surface area contributed by atoms with Gasteiger partial charge in [0.1, 0.15) is 0 Å². The zero-order chi connectivity index (χ0) is 15.2. The van der Waals surface area contributed by atoms with E-state index >= 15 is 0 Å². The van der Waals surface area contributed by atoms with Crippen molar-refractivity contribution in [3.05, 3.63) is 23.9 Å². The first-order valence-electron chi connectivity index (χ1n) is 6.96. The molecule has 0 aliphatic rings. The molecule has 1 heterocycles. The van der Waals surface area contributed by atoms with Gasteiger partial charge in [0.2, 0.25) is 0 Å². The molecule has 0 amide bonds. The van der Waals surface area contributed by atoms with E-state index in [9.17, 15) is 8.42 Å². The van der Waals surface area contributed by atoms with Crippen molar-refractivity contribution in [3.8, 4) is 0 Å². The number of unbranched alkanes of at least 4 members (excludes halogenated alkanes) is 2. The molecular weight excluding hydrogens is 296 g/mol. The molecule has 0 unspecified atom stereocenters. The van der Waals surface area contributed by atoms with Crippen molar-refractivity contribution in [2.24, 2.45) is 0 Å². The smallest absolute Gasteiger partial charge is 0.243 e. The molecule has 0 fully saturated rings. The van der Waals surface area contributed by atoms with Crippen LogP contribution in [0.3, 0.4) is 0 Å². The molecule has 4 nitrogen and oxygen atoms in total. The van der Waals surface area contributed by atoms with E-state index in [0.29, 0.717) is 12.4 Å². The van der Waals surface area contributed by atoms with Crippen LogP contribution in [0.15, 0.2) is 23.4 Å². The summed E-state index contributed by atoms with van der Waals surface area (Å²) in [6.45, 7) is 6.40. The van der Waals surface area contributed by atoms with Gasteiger partial charge >= 0.3 is 0 Å². The lowest BCUT2D eigenvalue weighted by atomic mass is 10.2. The van der Waals surface area contributed by atoms with Crippen LogP contribution >= 0.6 is 11.6 Å². The number of aromatic nitrogens is 1. The minimum absolute atomic E-state index is 0.0774. The molecule has 1 rings (SSSR count). The second-order valence-corrected chi connectivity index (χ2v) is 7.16. The molecule has 0 radical (unpaired) electrons. The van der Waals surface area contributed by atoms with Gasteiger partial charge in [0.15, 0.2) is 5.03 Å². The van der Waals surface area contributed by atoms with E-state index in [1.807, 2.05) is 13.8 Å². The molecule has 114 valence electrons. The van der Waals surface area contributed by atoms with Crippen molar-refractivity contribution in [2.75, 3.05) is 6.54 Å². The van der Waals surface area contributed by atoms with Crippen LogP contribution in [0.5, 0.6) is 0 Å². The van der Waals surface area contributed by atoms with E-state index in [1.54, 1.807) is 6.07 Å². The van der Waals surface area contributed by atoms with Gasteiger partial charge in [-0.1, -0.05) is 25.8 Å². The molecule has 6 heteroatoms. The first-order valence-corrected chi connectivity index (χ1v) is 8.93. The molecule has 0 saturated carbocycles. The van der Waals surface area contributed by atoms with Crippen LogP contribution in [0.1, 0.15) is 45.6 Å². The van der Waals surface area contributed by atoms with Crippen LogP contribution < -0.4 is 0 Å². The highest BCUT2D eigenvalue weighted by molar-refractivity contribution is 7.89. The normalized spacial score (nSPS) is 12.3. The van der Waals surface area contributed by atoms with Crippen LogP contribution in [0.4, 0.5) is 0 Å². The first-order chi connectivity index (χ1) is 9.43. The molecule has 0 bridgehead atoms. The number of hydrogen-bond acceptors (Lipinski definition) is 3. The van der Waals surface area contributed by atoms with Gasteiger partial charge < -0.3 is 0 Å². The van der Waals surface area contributed by atoms with Gasteiger partial charge in [-0.3, -0.25) is 0 Å². The monoisotopic (exact) mass is 318 g/mol. The summed E-state index contributed by atoms with van der Waals surface area (Å²) < 4.78 is 26.7. The molecular formula is C14H23ClN2O2S. The summed E-state index contributed by atoms with van der Waals surface area (Å²) in [5.74, 6) is 0.331. The number of hydrogen-bond donors (Lipinski definition) is 0. The standard InChI is InChI=1S/C14H23ClN2O2S/c1-4-5-6-9-17(12(2)3)20(18,19)14-8-7-13(10-15)11-16-14/h7-8,11-12H,4-6,9-10H2,1-3H3. The SMILES string of the molecule is CCCCCN(C(C)C)S(=O)(=O)c1ccc(CCl)cn1. The van der Waals surface area contributed by atoms with E-state index in [1.165, 1.54) is 16.6 Å². The van der Waals surface area contributed by atoms with E-state index < -0.39 is 10.0 Å². The molecule has 0 saturated heterocycles. The average Bonchev–Trinajstić information content (AvgIpc) is 2.43. The minimum atomic E-state index is -3.53. The van der Waals surface area contributed by atoms with Gasteiger partial charge in [0, 0.05) is 24.7 Å². The van der Waals surface area contributed by atoms with Gasteiger partial charge in [0.05, 0.1) is 0 Å². The Hall–Kier alpha value is -0.650. The van der Waals surface area contributed by atoms with Crippen LogP contribution in [0, 0.1) is 0 Å². The third kappa shape index (κ3) is 4.43. The predicted molar refractivity (Wildman–Crippen MR) is 82.3 cm³/mol. The van der Waals surface area contributed by atoms with Crippen molar-refractivity contribution in [3.63, 3.8) is 0 Å². The minimum Gasteiger partial charge on any atom is -0.243 e. The molecule has 1 aromatic heterocycles. The average molecular weight is 319 g/mol. The van der Waals surface area contributed by atoms with E-state index in [0.717, 1.165) is 24.8 Å². The number of pyridine rings is 1. The summed E-state index contributed by atoms with van der Waals surface area (Å²) in [5, 5.41) is 0.0940. The Bertz CT molecular complexity index is 500. The maximum Gasteiger partial charge on any atom is 0.260 e. The Balaban J connectivity index is 2.96. The lowest BCUT2D eigenvalue weighted by Gasteiger charge is -2.25. The molecule has 0 aromatic carbocycles. The number of sulfonamides is 1. The maximum atomic E-state index is 12.6. The number of alkyl halides is 1. The highest BCUT2D eigenvalue weighted by Crippen LogP contribution is 2.18. The zero-order valence-electron chi connectivity index (χ0n) is 12.3. The quantitative estimate of drug-likeness (QED) is 0.545. The van der Waals surface area contributed by atoms with Crippen LogP contribution in [-0.4, -0.2) is 30.3 Å². The van der Waals surface area contributed by atoms with Gasteiger partial charge in [-0.2, -0.15) is 4.31 Å². The topological polar surface area (TPSA) is 50.3 Å². The fraction of sp³-hybridized carbons (Fsp3) is 0.643. The van der Waals surface area contributed by atoms with Crippen molar-refractivity contribution in [1.82, 2.24) is 9.29 Å².